The minimum Gasteiger partial charge on any atom is -0.305 e. The van der Waals surface area contributed by atoms with Gasteiger partial charge < -0.3 is 4.40 Å². The second kappa shape index (κ2) is 8.01. The minimum atomic E-state index is 0.274. The number of hydrogen-bond donors (Lipinski definition) is 0. The van der Waals surface area contributed by atoms with E-state index in [4.69, 9.17) is 4.98 Å². The fraction of sp³-hybridized carbons (Fsp3) is 0.280. The van der Waals surface area contributed by atoms with E-state index in [1.807, 2.05) is 12.4 Å². The molecule has 0 bridgehead atoms. The number of nitrogens with zero attached hydrogens (tertiary/aromatic N) is 5. The summed E-state index contributed by atoms with van der Waals surface area (Å²) in [5.74, 6) is 0. The zero-order valence-corrected chi connectivity index (χ0v) is 17.6. The van der Waals surface area contributed by atoms with Crippen LogP contribution >= 0.6 is 0 Å². The second-order valence-electron chi connectivity index (χ2n) is 8.21. The summed E-state index contributed by atoms with van der Waals surface area (Å²) in [5.41, 5.74) is 6.98. The molecule has 0 amide bonds. The van der Waals surface area contributed by atoms with Crippen LogP contribution in [0.4, 0.5) is 0 Å². The molecule has 5 rings (SSSR count). The van der Waals surface area contributed by atoms with Crippen molar-refractivity contribution >= 4 is 5.52 Å². The van der Waals surface area contributed by atoms with E-state index >= 15 is 0 Å². The molecule has 1 aliphatic heterocycles. The molecule has 4 aromatic rings. The lowest BCUT2D eigenvalue weighted by Gasteiger charge is -2.38. The van der Waals surface area contributed by atoms with Gasteiger partial charge in [-0.15, -0.1) is 0 Å². The van der Waals surface area contributed by atoms with Gasteiger partial charge in [-0.05, 0) is 43.3 Å². The first-order chi connectivity index (χ1) is 14.7. The summed E-state index contributed by atoms with van der Waals surface area (Å²) in [6.07, 6.45) is 4.13. The van der Waals surface area contributed by atoms with Gasteiger partial charge in [0.1, 0.15) is 0 Å². The van der Waals surface area contributed by atoms with Gasteiger partial charge in [0.05, 0.1) is 29.3 Å². The Balaban J connectivity index is 1.40. The van der Waals surface area contributed by atoms with Crippen molar-refractivity contribution in [2.75, 3.05) is 26.7 Å². The molecule has 1 fully saturated rings. The van der Waals surface area contributed by atoms with Crippen LogP contribution in [0.3, 0.4) is 0 Å². The molecule has 1 aromatic carbocycles. The van der Waals surface area contributed by atoms with E-state index in [0.717, 1.165) is 43.3 Å². The maximum atomic E-state index is 4.84. The van der Waals surface area contributed by atoms with Crippen LogP contribution in [0.2, 0.25) is 0 Å². The molecular weight excluding hydrogens is 370 g/mol. The Morgan fingerprint density at radius 1 is 0.933 bits per heavy atom. The van der Waals surface area contributed by atoms with Crippen LogP contribution in [-0.2, 0) is 6.54 Å². The Labute approximate surface area is 177 Å². The van der Waals surface area contributed by atoms with Gasteiger partial charge in [-0.3, -0.25) is 14.8 Å². The van der Waals surface area contributed by atoms with Crippen LogP contribution < -0.4 is 0 Å². The standard InChI is InChI=1S/C25H27N5/c1-19-7-6-10-22(27-19)16-29-14-13-28(2)24(17-29)25-23-12-11-21(15-30(23)18-26-25)20-8-4-3-5-9-20/h3-12,15,18,24H,13-14,16-17H2,1-2H3/t24-/m1/s1. The van der Waals surface area contributed by atoms with Gasteiger partial charge >= 0.3 is 0 Å². The third-order valence-corrected chi connectivity index (χ3v) is 6.05. The van der Waals surface area contributed by atoms with Crippen LogP contribution in [0.5, 0.6) is 0 Å². The topological polar surface area (TPSA) is 36.7 Å². The summed E-state index contributed by atoms with van der Waals surface area (Å²) in [6.45, 7) is 5.97. The number of rotatable bonds is 4. The molecule has 0 N–H and O–H groups in total. The van der Waals surface area contributed by atoms with Gasteiger partial charge in [-0.25, -0.2) is 4.98 Å². The Hall–Kier alpha value is -3.02. The maximum Gasteiger partial charge on any atom is 0.0996 e. The van der Waals surface area contributed by atoms with Crippen molar-refractivity contribution in [3.8, 4) is 11.1 Å². The summed E-state index contributed by atoms with van der Waals surface area (Å²) >= 11 is 0. The van der Waals surface area contributed by atoms with E-state index in [-0.39, 0.29) is 6.04 Å². The fourth-order valence-corrected chi connectivity index (χ4v) is 4.36. The van der Waals surface area contributed by atoms with Crippen molar-refractivity contribution in [2.45, 2.75) is 19.5 Å². The first-order valence-electron chi connectivity index (χ1n) is 10.5. The molecule has 4 heterocycles. The maximum absolute atomic E-state index is 4.84. The first kappa shape index (κ1) is 19.0. The molecule has 0 unspecified atom stereocenters. The highest BCUT2D eigenvalue weighted by atomic mass is 15.3. The van der Waals surface area contributed by atoms with Crippen molar-refractivity contribution in [3.05, 3.63) is 90.3 Å². The molecule has 0 saturated carbocycles. The lowest BCUT2D eigenvalue weighted by Crippen LogP contribution is -2.46. The van der Waals surface area contributed by atoms with E-state index < -0.39 is 0 Å². The predicted molar refractivity (Wildman–Crippen MR) is 120 cm³/mol. The molecule has 0 aliphatic carbocycles. The molecule has 30 heavy (non-hydrogen) atoms. The Kier molecular flexibility index (Phi) is 5.07. The molecular formula is C25H27N5. The van der Waals surface area contributed by atoms with Crippen molar-refractivity contribution in [1.82, 2.24) is 24.2 Å². The lowest BCUT2D eigenvalue weighted by atomic mass is 10.1. The van der Waals surface area contributed by atoms with E-state index in [9.17, 15) is 0 Å². The summed E-state index contributed by atoms with van der Waals surface area (Å²) < 4.78 is 2.16. The summed E-state index contributed by atoms with van der Waals surface area (Å²) in [5, 5.41) is 0. The first-order valence-corrected chi connectivity index (χ1v) is 10.5. The molecule has 0 spiro atoms. The smallest absolute Gasteiger partial charge is 0.0996 e. The number of pyridine rings is 2. The third kappa shape index (κ3) is 3.74. The average Bonchev–Trinajstić information content (AvgIpc) is 3.19. The van der Waals surface area contributed by atoms with Crippen molar-refractivity contribution in [3.63, 3.8) is 0 Å². The van der Waals surface area contributed by atoms with Crippen LogP contribution in [0.1, 0.15) is 23.1 Å². The van der Waals surface area contributed by atoms with Gasteiger partial charge in [-0.1, -0.05) is 42.5 Å². The number of aryl methyl sites for hydroxylation is 1. The highest BCUT2D eigenvalue weighted by Crippen LogP contribution is 2.29. The van der Waals surface area contributed by atoms with E-state index in [1.165, 1.54) is 16.6 Å². The zero-order chi connectivity index (χ0) is 20.5. The second-order valence-corrected chi connectivity index (χ2v) is 8.21. The van der Waals surface area contributed by atoms with Gasteiger partial charge in [0, 0.05) is 38.1 Å². The molecule has 5 heteroatoms. The number of benzene rings is 1. The van der Waals surface area contributed by atoms with Crippen LogP contribution in [0, 0.1) is 6.92 Å². The van der Waals surface area contributed by atoms with Crippen molar-refractivity contribution in [1.29, 1.82) is 0 Å². The molecule has 152 valence electrons. The normalized spacial score (nSPS) is 18.1. The van der Waals surface area contributed by atoms with Gasteiger partial charge in [0.15, 0.2) is 0 Å². The highest BCUT2D eigenvalue weighted by molar-refractivity contribution is 5.66. The quantitative estimate of drug-likeness (QED) is 0.517. The molecule has 3 aromatic heterocycles. The Morgan fingerprint density at radius 2 is 1.80 bits per heavy atom. The molecule has 0 radical (unpaired) electrons. The van der Waals surface area contributed by atoms with Gasteiger partial charge in [0.2, 0.25) is 0 Å². The number of likely N-dealkylation sites (N-methyl/N-ethyl adjacent to an activating group) is 1. The predicted octanol–water partition coefficient (Wildman–Crippen LogP) is 4.19. The van der Waals surface area contributed by atoms with Crippen LogP contribution in [-0.4, -0.2) is 50.9 Å². The Bertz CT molecular complexity index is 1150. The van der Waals surface area contributed by atoms with Gasteiger partial charge in [0.25, 0.3) is 0 Å². The highest BCUT2D eigenvalue weighted by Gasteiger charge is 2.28. The molecule has 5 nitrogen and oxygen atoms in total. The average molecular weight is 398 g/mol. The summed E-state index contributed by atoms with van der Waals surface area (Å²) in [7, 11) is 2.20. The number of hydrogen-bond acceptors (Lipinski definition) is 4. The third-order valence-electron chi connectivity index (χ3n) is 6.05. The van der Waals surface area contributed by atoms with Gasteiger partial charge in [-0.2, -0.15) is 0 Å². The minimum absolute atomic E-state index is 0.274. The monoisotopic (exact) mass is 397 g/mol. The molecule has 1 aliphatic rings. The van der Waals surface area contributed by atoms with E-state index in [0.29, 0.717) is 0 Å². The lowest BCUT2D eigenvalue weighted by molar-refractivity contribution is 0.0883. The summed E-state index contributed by atoms with van der Waals surface area (Å²) in [4.78, 5) is 14.4. The van der Waals surface area contributed by atoms with Crippen LogP contribution in [0.15, 0.2) is 73.2 Å². The molecule has 1 atom stereocenters. The molecule has 1 saturated heterocycles. The van der Waals surface area contributed by atoms with Crippen molar-refractivity contribution in [2.24, 2.45) is 0 Å². The van der Waals surface area contributed by atoms with E-state index in [1.54, 1.807) is 0 Å². The number of imidazole rings is 1. The fourth-order valence-electron chi connectivity index (χ4n) is 4.36. The SMILES string of the molecule is Cc1cccc(CN2CCN(C)[C@@H](c3ncn4cc(-c5ccccc5)ccc34)C2)n1. The zero-order valence-electron chi connectivity index (χ0n) is 17.6. The summed E-state index contributed by atoms with van der Waals surface area (Å²) in [6, 6.07) is 21.4. The number of fused-ring (bicyclic) bond motifs is 1. The Morgan fingerprint density at radius 3 is 2.63 bits per heavy atom. The largest absolute Gasteiger partial charge is 0.305 e. The van der Waals surface area contributed by atoms with Crippen LogP contribution in [0.25, 0.3) is 16.6 Å². The van der Waals surface area contributed by atoms with Crippen molar-refractivity contribution < 1.29 is 0 Å². The number of piperazine rings is 1. The van der Waals surface area contributed by atoms with E-state index in [2.05, 4.69) is 94.0 Å². The number of aromatic nitrogens is 3.